The molecule has 1 aromatic rings. The Morgan fingerprint density at radius 1 is 1.21 bits per heavy atom. The Morgan fingerprint density at radius 2 is 1.86 bits per heavy atom. The fraction of sp³-hybridized carbons (Fsp3) is 0.500. The van der Waals surface area contributed by atoms with Crippen LogP contribution in [0.15, 0.2) is 30.3 Å². The first-order chi connectivity index (χ1) is 6.68. The van der Waals surface area contributed by atoms with Crippen LogP contribution in [0.4, 0.5) is 0 Å². The summed E-state index contributed by atoms with van der Waals surface area (Å²) < 4.78 is 5.33. The van der Waals surface area contributed by atoms with E-state index in [-0.39, 0.29) is 6.10 Å². The van der Waals surface area contributed by atoms with Gasteiger partial charge in [-0.25, -0.2) is 0 Å². The average Bonchev–Trinajstić information content (AvgIpc) is 2.16. The van der Waals surface area contributed by atoms with E-state index in [1.807, 2.05) is 44.2 Å². The second kappa shape index (κ2) is 5.78. The van der Waals surface area contributed by atoms with Gasteiger partial charge in [-0.05, 0) is 19.4 Å². The minimum atomic E-state index is -0.403. The molecule has 0 aliphatic rings. The number of aliphatic hydroxyl groups excluding tert-OH is 1. The van der Waals surface area contributed by atoms with Gasteiger partial charge >= 0.3 is 0 Å². The van der Waals surface area contributed by atoms with Crippen LogP contribution in [-0.4, -0.2) is 23.9 Å². The van der Waals surface area contributed by atoms with Gasteiger partial charge in [0.05, 0.1) is 18.8 Å². The van der Waals surface area contributed by atoms with E-state index in [4.69, 9.17) is 4.74 Å². The van der Waals surface area contributed by atoms with Gasteiger partial charge in [0, 0.05) is 6.42 Å². The van der Waals surface area contributed by atoms with Crippen molar-refractivity contribution in [3.63, 3.8) is 0 Å². The Bertz CT molecular complexity index is 244. The lowest BCUT2D eigenvalue weighted by atomic mass is 10.1. The second-order valence-corrected chi connectivity index (χ2v) is 3.73. The van der Waals surface area contributed by atoms with Crippen LogP contribution in [0.25, 0.3) is 0 Å². The molecule has 0 fully saturated rings. The molecule has 1 rings (SSSR count). The lowest BCUT2D eigenvalue weighted by Gasteiger charge is -2.13. The minimum absolute atomic E-state index is 0.181. The van der Waals surface area contributed by atoms with Crippen molar-refractivity contribution in [3.05, 3.63) is 35.9 Å². The average molecular weight is 194 g/mol. The summed E-state index contributed by atoms with van der Waals surface area (Å²) in [4.78, 5) is 0. The van der Waals surface area contributed by atoms with Gasteiger partial charge in [-0.2, -0.15) is 0 Å². The van der Waals surface area contributed by atoms with Crippen molar-refractivity contribution in [1.29, 1.82) is 0 Å². The molecule has 2 nitrogen and oxygen atoms in total. The van der Waals surface area contributed by atoms with E-state index in [1.54, 1.807) is 0 Å². The van der Waals surface area contributed by atoms with Crippen LogP contribution < -0.4 is 0 Å². The lowest BCUT2D eigenvalue weighted by molar-refractivity contribution is 0.00621. The predicted molar refractivity (Wildman–Crippen MR) is 57.2 cm³/mol. The summed E-state index contributed by atoms with van der Waals surface area (Å²) in [5, 5.41) is 9.63. The van der Waals surface area contributed by atoms with Crippen molar-refractivity contribution in [2.45, 2.75) is 32.5 Å². The Labute approximate surface area is 85.5 Å². The number of ether oxygens (including phenoxy) is 1. The predicted octanol–water partition coefficient (Wildman–Crippen LogP) is 2.01. The molecule has 0 aromatic heterocycles. The van der Waals surface area contributed by atoms with E-state index in [0.717, 1.165) is 5.56 Å². The number of benzene rings is 1. The molecule has 0 amide bonds. The zero-order valence-electron chi connectivity index (χ0n) is 8.81. The number of hydrogen-bond acceptors (Lipinski definition) is 2. The van der Waals surface area contributed by atoms with Crippen LogP contribution in [0.3, 0.4) is 0 Å². The maximum absolute atomic E-state index is 9.63. The zero-order chi connectivity index (χ0) is 10.4. The van der Waals surface area contributed by atoms with E-state index in [2.05, 4.69) is 0 Å². The van der Waals surface area contributed by atoms with Crippen molar-refractivity contribution >= 4 is 0 Å². The molecule has 0 saturated carbocycles. The van der Waals surface area contributed by atoms with Gasteiger partial charge in [0.1, 0.15) is 0 Å². The Kier molecular flexibility index (Phi) is 4.63. The summed E-state index contributed by atoms with van der Waals surface area (Å²) in [6.45, 7) is 4.34. The molecule has 0 aliphatic carbocycles. The standard InChI is InChI=1S/C12H18O2/c1-10(2)14-9-12(13)8-11-6-4-3-5-7-11/h3-7,10,12-13H,8-9H2,1-2H3/t12-/m1/s1. The maximum Gasteiger partial charge on any atom is 0.0814 e. The highest BCUT2D eigenvalue weighted by atomic mass is 16.5. The molecule has 0 aliphatic heterocycles. The normalized spacial score (nSPS) is 13.1. The molecular weight excluding hydrogens is 176 g/mol. The second-order valence-electron chi connectivity index (χ2n) is 3.73. The fourth-order valence-corrected chi connectivity index (χ4v) is 1.25. The smallest absolute Gasteiger partial charge is 0.0814 e. The molecule has 1 atom stereocenters. The molecule has 0 unspecified atom stereocenters. The Balaban J connectivity index is 2.30. The lowest BCUT2D eigenvalue weighted by Crippen LogP contribution is -2.20. The van der Waals surface area contributed by atoms with E-state index in [0.29, 0.717) is 13.0 Å². The molecule has 1 N–H and O–H groups in total. The molecule has 1 aromatic carbocycles. The third-order valence-corrected chi connectivity index (χ3v) is 1.94. The molecule has 0 spiro atoms. The van der Waals surface area contributed by atoms with Gasteiger partial charge in [0.2, 0.25) is 0 Å². The fourth-order valence-electron chi connectivity index (χ4n) is 1.25. The number of rotatable bonds is 5. The molecule has 78 valence electrons. The Hall–Kier alpha value is -0.860. The van der Waals surface area contributed by atoms with Crippen LogP contribution in [-0.2, 0) is 11.2 Å². The van der Waals surface area contributed by atoms with E-state index >= 15 is 0 Å². The van der Waals surface area contributed by atoms with Gasteiger partial charge in [-0.15, -0.1) is 0 Å². The van der Waals surface area contributed by atoms with Crippen molar-refractivity contribution in [2.24, 2.45) is 0 Å². The quantitative estimate of drug-likeness (QED) is 0.777. The minimum Gasteiger partial charge on any atom is -0.390 e. The highest BCUT2D eigenvalue weighted by molar-refractivity contribution is 5.15. The van der Waals surface area contributed by atoms with Crippen molar-refractivity contribution < 1.29 is 9.84 Å². The molecule has 0 radical (unpaired) electrons. The third-order valence-electron chi connectivity index (χ3n) is 1.94. The van der Waals surface area contributed by atoms with Gasteiger partial charge < -0.3 is 9.84 Å². The van der Waals surface area contributed by atoms with E-state index in [1.165, 1.54) is 0 Å². The van der Waals surface area contributed by atoms with Crippen molar-refractivity contribution in [3.8, 4) is 0 Å². The number of aliphatic hydroxyl groups is 1. The Morgan fingerprint density at radius 3 is 2.43 bits per heavy atom. The van der Waals surface area contributed by atoms with E-state index < -0.39 is 6.10 Å². The first-order valence-electron chi connectivity index (χ1n) is 5.02. The van der Waals surface area contributed by atoms with Crippen LogP contribution in [0, 0.1) is 0 Å². The summed E-state index contributed by atoms with van der Waals surface area (Å²) in [6, 6.07) is 9.95. The van der Waals surface area contributed by atoms with E-state index in [9.17, 15) is 5.11 Å². The van der Waals surface area contributed by atoms with Crippen molar-refractivity contribution in [1.82, 2.24) is 0 Å². The molecule has 2 heteroatoms. The van der Waals surface area contributed by atoms with Crippen LogP contribution >= 0.6 is 0 Å². The highest BCUT2D eigenvalue weighted by Gasteiger charge is 2.06. The molecule has 14 heavy (non-hydrogen) atoms. The van der Waals surface area contributed by atoms with Crippen LogP contribution in [0.5, 0.6) is 0 Å². The molecule has 0 bridgehead atoms. The van der Waals surface area contributed by atoms with Crippen LogP contribution in [0.1, 0.15) is 19.4 Å². The number of hydrogen-bond donors (Lipinski definition) is 1. The summed E-state index contributed by atoms with van der Waals surface area (Å²) in [6.07, 6.45) is 0.438. The maximum atomic E-state index is 9.63. The summed E-state index contributed by atoms with van der Waals surface area (Å²) in [7, 11) is 0. The summed E-state index contributed by atoms with van der Waals surface area (Å²) >= 11 is 0. The zero-order valence-corrected chi connectivity index (χ0v) is 8.81. The monoisotopic (exact) mass is 194 g/mol. The third kappa shape index (κ3) is 4.40. The molecule has 0 saturated heterocycles. The highest BCUT2D eigenvalue weighted by Crippen LogP contribution is 2.03. The van der Waals surface area contributed by atoms with Gasteiger partial charge in [0.15, 0.2) is 0 Å². The van der Waals surface area contributed by atoms with Crippen LogP contribution in [0.2, 0.25) is 0 Å². The first kappa shape index (κ1) is 11.2. The summed E-state index contributed by atoms with van der Waals surface area (Å²) in [5.41, 5.74) is 1.15. The SMILES string of the molecule is CC(C)OC[C@H](O)Cc1ccccc1. The molecular formula is C12H18O2. The largest absolute Gasteiger partial charge is 0.390 e. The summed E-state index contributed by atoms with van der Waals surface area (Å²) in [5.74, 6) is 0. The topological polar surface area (TPSA) is 29.5 Å². The first-order valence-corrected chi connectivity index (χ1v) is 5.02. The van der Waals surface area contributed by atoms with Gasteiger partial charge in [0.25, 0.3) is 0 Å². The van der Waals surface area contributed by atoms with Gasteiger partial charge in [-0.3, -0.25) is 0 Å². The van der Waals surface area contributed by atoms with Crippen molar-refractivity contribution in [2.75, 3.05) is 6.61 Å². The molecule has 0 heterocycles. The van der Waals surface area contributed by atoms with Gasteiger partial charge in [-0.1, -0.05) is 30.3 Å².